The smallest absolute Gasteiger partial charge is 0.241 e. The zero-order valence-electron chi connectivity index (χ0n) is 13.9. The molecule has 3 rings (SSSR count). The Labute approximate surface area is 142 Å². The van der Waals surface area contributed by atoms with Gasteiger partial charge in [0.25, 0.3) is 0 Å². The molecule has 0 aromatic heterocycles. The van der Waals surface area contributed by atoms with Crippen LogP contribution in [0.25, 0.3) is 0 Å². The fourth-order valence-corrected chi connectivity index (χ4v) is 4.26. The lowest BCUT2D eigenvalue weighted by molar-refractivity contribution is -0.137. The topological polar surface area (TPSA) is 52.7 Å². The maximum atomic E-state index is 12.7. The molecule has 128 valence electrons. The first-order valence-electron chi connectivity index (χ1n) is 8.59. The van der Waals surface area contributed by atoms with Gasteiger partial charge in [0.15, 0.2) is 0 Å². The van der Waals surface area contributed by atoms with E-state index in [0.717, 1.165) is 50.9 Å². The minimum absolute atomic E-state index is 0.0897. The molecule has 2 saturated heterocycles. The van der Waals surface area contributed by atoms with Crippen LogP contribution in [0.3, 0.4) is 0 Å². The Morgan fingerprint density at radius 3 is 2.70 bits per heavy atom. The molecule has 0 aromatic rings. The van der Waals surface area contributed by atoms with E-state index in [1.54, 1.807) is 17.8 Å². The number of hydrogen-bond acceptors (Lipinski definition) is 4. The molecule has 0 bridgehead atoms. The van der Waals surface area contributed by atoms with Crippen LogP contribution in [-0.2, 0) is 9.59 Å². The second-order valence-electron chi connectivity index (χ2n) is 6.85. The SMILES string of the molecule is C=CCN1C(=O)C(CCSC)NC12CCN(C(=O)C1CC1)CC2. The molecule has 1 aliphatic carbocycles. The Kier molecular flexibility index (Phi) is 5.01. The Morgan fingerprint density at radius 1 is 1.43 bits per heavy atom. The van der Waals surface area contributed by atoms with Gasteiger partial charge >= 0.3 is 0 Å². The quantitative estimate of drug-likeness (QED) is 0.746. The Balaban J connectivity index is 1.67. The first-order valence-corrected chi connectivity index (χ1v) is 9.98. The number of likely N-dealkylation sites (tertiary alicyclic amines) is 1. The monoisotopic (exact) mass is 337 g/mol. The zero-order chi connectivity index (χ0) is 16.4. The molecule has 1 saturated carbocycles. The Bertz CT molecular complexity index is 484. The van der Waals surface area contributed by atoms with Crippen LogP contribution in [0.4, 0.5) is 0 Å². The highest BCUT2D eigenvalue weighted by molar-refractivity contribution is 7.98. The maximum Gasteiger partial charge on any atom is 0.241 e. The number of nitrogens with zero attached hydrogens (tertiary/aromatic N) is 2. The van der Waals surface area contributed by atoms with E-state index in [-0.39, 0.29) is 23.5 Å². The fourth-order valence-electron chi connectivity index (χ4n) is 3.79. The van der Waals surface area contributed by atoms with Gasteiger partial charge in [-0.1, -0.05) is 6.08 Å². The van der Waals surface area contributed by atoms with Crippen LogP contribution >= 0.6 is 11.8 Å². The van der Waals surface area contributed by atoms with Crippen molar-refractivity contribution < 1.29 is 9.59 Å². The van der Waals surface area contributed by atoms with Gasteiger partial charge in [0.1, 0.15) is 0 Å². The molecule has 5 nitrogen and oxygen atoms in total. The van der Waals surface area contributed by atoms with E-state index in [4.69, 9.17) is 0 Å². The van der Waals surface area contributed by atoms with Crippen LogP contribution in [0.1, 0.15) is 32.1 Å². The van der Waals surface area contributed by atoms with Crippen molar-refractivity contribution in [1.29, 1.82) is 0 Å². The minimum atomic E-state index is -0.283. The van der Waals surface area contributed by atoms with Gasteiger partial charge in [0, 0.05) is 38.4 Å². The number of hydrogen-bond donors (Lipinski definition) is 1. The molecule has 2 heterocycles. The van der Waals surface area contributed by atoms with Crippen molar-refractivity contribution >= 4 is 23.6 Å². The lowest BCUT2D eigenvalue weighted by Crippen LogP contribution is -2.59. The molecule has 6 heteroatoms. The lowest BCUT2D eigenvalue weighted by atomic mass is 9.95. The highest BCUT2D eigenvalue weighted by atomic mass is 32.2. The second kappa shape index (κ2) is 6.85. The predicted molar refractivity (Wildman–Crippen MR) is 93.1 cm³/mol. The average Bonchev–Trinajstić information content (AvgIpc) is 3.37. The second-order valence-corrected chi connectivity index (χ2v) is 7.83. The molecule has 3 fully saturated rings. The Hall–Kier alpha value is -1.01. The summed E-state index contributed by atoms with van der Waals surface area (Å²) in [5, 5.41) is 3.61. The molecule has 0 aromatic carbocycles. The van der Waals surface area contributed by atoms with E-state index >= 15 is 0 Å². The highest BCUT2D eigenvalue weighted by Gasteiger charge is 2.51. The summed E-state index contributed by atoms with van der Waals surface area (Å²) in [5.41, 5.74) is -0.283. The van der Waals surface area contributed by atoms with E-state index in [1.165, 1.54) is 0 Å². The van der Waals surface area contributed by atoms with Crippen molar-refractivity contribution in [2.45, 2.75) is 43.8 Å². The van der Waals surface area contributed by atoms with E-state index in [1.807, 2.05) is 9.80 Å². The third-order valence-electron chi connectivity index (χ3n) is 5.27. The largest absolute Gasteiger partial charge is 0.342 e. The molecule has 1 spiro atoms. The maximum absolute atomic E-state index is 12.7. The van der Waals surface area contributed by atoms with E-state index in [9.17, 15) is 9.59 Å². The van der Waals surface area contributed by atoms with Crippen LogP contribution < -0.4 is 5.32 Å². The number of rotatable bonds is 6. The number of piperidine rings is 1. The summed E-state index contributed by atoms with van der Waals surface area (Å²) in [5.74, 6) is 1.77. The van der Waals surface area contributed by atoms with Crippen molar-refractivity contribution in [3.63, 3.8) is 0 Å². The molecule has 1 N–H and O–H groups in total. The van der Waals surface area contributed by atoms with Gasteiger partial charge in [0.05, 0.1) is 11.7 Å². The van der Waals surface area contributed by atoms with Crippen LogP contribution in [0.15, 0.2) is 12.7 Å². The lowest BCUT2D eigenvalue weighted by Gasteiger charge is -2.44. The molecule has 3 aliphatic rings. The van der Waals surface area contributed by atoms with Crippen LogP contribution in [-0.4, -0.2) is 65.0 Å². The van der Waals surface area contributed by atoms with Crippen LogP contribution in [0, 0.1) is 5.92 Å². The van der Waals surface area contributed by atoms with Gasteiger partial charge in [-0.15, -0.1) is 6.58 Å². The summed E-state index contributed by atoms with van der Waals surface area (Å²) in [6, 6.07) is -0.0897. The van der Waals surface area contributed by atoms with Gasteiger partial charge in [-0.05, 0) is 31.3 Å². The summed E-state index contributed by atoms with van der Waals surface area (Å²) >= 11 is 1.77. The molecule has 1 atom stereocenters. The van der Waals surface area contributed by atoms with Gasteiger partial charge in [-0.3, -0.25) is 14.9 Å². The van der Waals surface area contributed by atoms with Crippen molar-refractivity contribution in [1.82, 2.24) is 15.1 Å². The number of carbonyl (C=O) groups excluding carboxylic acids is 2. The highest BCUT2D eigenvalue weighted by Crippen LogP contribution is 2.36. The molecular formula is C17H27N3O2S. The van der Waals surface area contributed by atoms with Gasteiger partial charge in [-0.2, -0.15) is 11.8 Å². The Morgan fingerprint density at radius 2 is 2.13 bits per heavy atom. The van der Waals surface area contributed by atoms with Gasteiger partial charge < -0.3 is 9.80 Å². The molecule has 2 amide bonds. The molecule has 2 aliphatic heterocycles. The third kappa shape index (κ3) is 3.29. The van der Waals surface area contributed by atoms with Crippen molar-refractivity contribution in [2.75, 3.05) is 31.6 Å². The van der Waals surface area contributed by atoms with Crippen LogP contribution in [0.5, 0.6) is 0 Å². The van der Waals surface area contributed by atoms with Crippen molar-refractivity contribution in [3.05, 3.63) is 12.7 Å². The molecular weight excluding hydrogens is 310 g/mol. The number of carbonyl (C=O) groups is 2. The molecule has 0 radical (unpaired) electrons. The summed E-state index contributed by atoms with van der Waals surface area (Å²) in [6.45, 7) is 5.89. The first-order chi connectivity index (χ1) is 11.1. The van der Waals surface area contributed by atoms with Crippen molar-refractivity contribution in [3.8, 4) is 0 Å². The van der Waals surface area contributed by atoms with Crippen molar-refractivity contribution in [2.24, 2.45) is 5.92 Å². The summed E-state index contributed by atoms with van der Waals surface area (Å²) in [6.07, 6.45) is 8.48. The normalized spacial score (nSPS) is 26.8. The third-order valence-corrected chi connectivity index (χ3v) is 5.92. The number of nitrogens with one attached hydrogen (secondary N) is 1. The van der Waals surface area contributed by atoms with Crippen LogP contribution in [0.2, 0.25) is 0 Å². The van der Waals surface area contributed by atoms with Gasteiger partial charge in [-0.25, -0.2) is 0 Å². The van der Waals surface area contributed by atoms with E-state index in [0.29, 0.717) is 12.5 Å². The predicted octanol–water partition coefficient (Wildman–Crippen LogP) is 1.45. The van der Waals surface area contributed by atoms with E-state index < -0.39 is 0 Å². The number of thioether (sulfide) groups is 1. The minimum Gasteiger partial charge on any atom is -0.342 e. The fraction of sp³-hybridized carbons (Fsp3) is 0.765. The van der Waals surface area contributed by atoms with E-state index in [2.05, 4.69) is 18.2 Å². The molecule has 23 heavy (non-hydrogen) atoms. The average molecular weight is 337 g/mol. The standard InChI is InChI=1S/C17H27N3O2S/c1-3-9-20-16(22)14(6-12-23-2)18-17(20)7-10-19(11-8-17)15(21)13-4-5-13/h3,13-14,18H,1,4-12H2,2H3. The summed E-state index contributed by atoms with van der Waals surface area (Å²) < 4.78 is 0. The summed E-state index contributed by atoms with van der Waals surface area (Å²) in [7, 11) is 0. The summed E-state index contributed by atoms with van der Waals surface area (Å²) in [4.78, 5) is 28.9. The number of amides is 2. The molecule has 1 unspecified atom stereocenters. The van der Waals surface area contributed by atoms with Gasteiger partial charge in [0.2, 0.25) is 11.8 Å². The zero-order valence-corrected chi connectivity index (χ0v) is 14.7. The first kappa shape index (κ1) is 16.8.